The third-order valence-electron chi connectivity index (χ3n) is 6.16. The first-order valence-corrected chi connectivity index (χ1v) is 14.8. The molecule has 0 fully saturated rings. The second kappa shape index (κ2) is 11.8. The van der Waals surface area contributed by atoms with Gasteiger partial charge in [0.05, 0.1) is 16.4 Å². The molecule has 0 aliphatic heterocycles. The van der Waals surface area contributed by atoms with E-state index in [9.17, 15) is 17.9 Å². The molecule has 8 heteroatoms. The largest absolute Gasteiger partial charge is 0.395 e. The van der Waals surface area contributed by atoms with Crippen LogP contribution < -0.4 is 4.72 Å². The standard InChI is InChI=1S/C32H25FN2O3S2/c1-22-8-14-28(15-9-22)40(37,38)35-27-6-4-5-25(21-27)30-29(7-2-3-20-36)39-32(24-10-12-26(33)13-11-24)31(30)23-16-18-34-19-17-23/h4-6,8-19,21,35-36H,3,20H2,1H3. The van der Waals surface area contributed by atoms with Crippen LogP contribution in [0.4, 0.5) is 10.1 Å². The Morgan fingerprint density at radius 1 is 0.900 bits per heavy atom. The molecular formula is C32H25FN2O3S2. The van der Waals surface area contributed by atoms with Crippen molar-refractivity contribution in [2.75, 3.05) is 11.3 Å². The summed E-state index contributed by atoms with van der Waals surface area (Å²) in [5.74, 6) is 5.89. The van der Waals surface area contributed by atoms with Gasteiger partial charge in [0.25, 0.3) is 10.0 Å². The molecule has 0 radical (unpaired) electrons. The molecule has 2 aromatic heterocycles. The van der Waals surface area contributed by atoms with E-state index < -0.39 is 10.0 Å². The van der Waals surface area contributed by atoms with E-state index >= 15 is 0 Å². The second-order valence-electron chi connectivity index (χ2n) is 9.03. The molecule has 3 aromatic carbocycles. The number of pyridine rings is 1. The number of thiophene rings is 1. The van der Waals surface area contributed by atoms with Crippen LogP contribution >= 0.6 is 11.3 Å². The number of aryl methyl sites for hydroxylation is 1. The van der Waals surface area contributed by atoms with Gasteiger partial charge in [-0.2, -0.15) is 0 Å². The van der Waals surface area contributed by atoms with E-state index in [0.29, 0.717) is 12.1 Å². The Labute approximate surface area is 237 Å². The molecule has 5 aromatic rings. The third kappa shape index (κ3) is 5.97. The molecule has 0 aliphatic rings. The molecule has 0 amide bonds. The van der Waals surface area contributed by atoms with Crippen LogP contribution in [0.25, 0.3) is 32.7 Å². The maximum Gasteiger partial charge on any atom is 0.261 e. The van der Waals surface area contributed by atoms with Gasteiger partial charge in [0.2, 0.25) is 0 Å². The molecule has 5 nitrogen and oxygen atoms in total. The first kappa shape index (κ1) is 27.3. The van der Waals surface area contributed by atoms with Gasteiger partial charge in [-0.25, -0.2) is 12.8 Å². The predicted molar refractivity (Wildman–Crippen MR) is 159 cm³/mol. The minimum atomic E-state index is -3.81. The van der Waals surface area contributed by atoms with Crippen LogP contribution in [0.5, 0.6) is 0 Å². The fraction of sp³-hybridized carbons (Fsp3) is 0.0938. The van der Waals surface area contributed by atoms with E-state index in [0.717, 1.165) is 43.1 Å². The van der Waals surface area contributed by atoms with Crippen molar-refractivity contribution in [1.29, 1.82) is 0 Å². The lowest BCUT2D eigenvalue weighted by atomic mass is 9.93. The summed E-state index contributed by atoms with van der Waals surface area (Å²) in [5, 5.41) is 9.32. The van der Waals surface area contributed by atoms with Gasteiger partial charge in [0, 0.05) is 40.5 Å². The van der Waals surface area contributed by atoms with Crippen LogP contribution in [-0.4, -0.2) is 25.1 Å². The van der Waals surface area contributed by atoms with E-state index in [1.165, 1.54) is 23.5 Å². The van der Waals surface area contributed by atoms with E-state index in [4.69, 9.17) is 0 Å². The number of anilines is 1. The van der Waals surface area contributed by atoms with Crippen molar-refractivity contribution < 1.29 is 17.9 Å². The van der Waals surface area contributed by atoms with E-state index in [2.05, 4.69) is 21.5 Å². The Bertz CT molecular complexity index is 1800. The number of aliphatic hydroxyl groups is 1. The Hall–Kier alpha value is -4.29. The zero-order chi connectivity index (χ0) is 28.1. The average molecular weight is 569 g/mol. The number of halogens is 1. The van der Waals surface area contributed by atoms with Gasteiger partial charge >= 0.3 is 0 Å². The zero-order valence-corrected chi connectivity index (χ0v) is 23.2. The molecule has 0 aliphatic carbocycles. The maximum atomic E-state index is 13.8. The Morgan fingerprint density at radius 2 is 1.62 bits per heavy atom. The van der Waals surface area contributed by atoms with Gasteiger partial charge in [-0.3, -0.25) is 9.71 Å². The summed E-state index contributed by atoms with van der Waals surface area (Å²) in [5.41, 5.74) is 5.54. The van der Waals surface area contributed by atoms with E-state index in [1.807, 2.05) is 25.1 Å². The number of benzene rings is 3. The van der Waals surface area contributed by atoms with Crippen LogP contribution in [0.3, 0.4) is 0 Å². The molecule has 200 valence electrons. The van der Waals surface area contributed by atoms with Crippen molar-refractivity contribution in [3.63, 3.8) is 0 Å². The van der Waals surface area contributed by atoms with Crippen molar-refractivity contribution in [3.8, 4) is 44.5 Å². The number of nitrogens with zero attached hydrogens (tertiary/aromatic N) is 1. The summed E-state index contributed by atoms with van der Waals surface area (Å²) in [7, 11) is -3.81. The summed E-state index contributed by atoms with van der Waals surface area (Å²) in [6, 6.07) is 23.9. The molecule has 40 heavy (non-hydrogen) atoms. The second-order valence-corrected chi connectivity index (χ2v) is 11.7. The molecule has 0 bridgehead atoms. The topological polar surface area (TPSA) is 79.3 Å². The highest BCUT2D eigenvalue weighted by Crippen LogP contribution is 2.48. The summed E-state index contributed by atoms with van der Waals surface area (Å²) in [4.78, 5) is 5.97. The number of nitrogens with one attached hydrogen (secondary N) is 1. The van der Waals surface area contributed by atoms with Gasteiger partial charge in [0.15, 0.2) is 0 Å². The van der Waals surface area contributed by atoms with Crippen molar-refractivity contribution >= 4 is 27.0 Å². The van der Waals surface area contributed by atoms with E-state index in [1.54, 1.807) is 67.0 Å². The normalized spacial score (nSPS) is 11.1. The maximum absolute atomic E-state index is 13.8. The summed E-state index contributed by atoms with van der Waals surface area (Å²) in [6.45, 7) is 1.84. The summed E-state index contributed by atoms with van der Waals surface area (Å²) < 4.78 is 42.7. The van der Waals surface area contributed by atoms with Crippen molar-refractivity contribution in [3.05, 3.63) is 114 Å². The third-order valence-corrected chi connectivity index (χ3v) is 8.71. The first-order valence-electron chi connectivity index (χ1n) is 12.5. The Morgan fingerprint density at radius 3 is 2.33 bits per heavy atom. The molecular weight excluding hydrogens is 543 g/mol. The Balaban J connectivity index is 1.68. The van der Waals surface area contributed by atoms with E-state index in [-0.39, 0.29) is 17.3 Å². The number of hydrogen-bond donors (Lipinski definition) is 2. The number of hydrogen-bond acceptors (Lipinski definition) is 5. The lowest BCUT2D eigenvalue weighted by molar-refractivity contribution is 0.305. The highest BCUT2D eigenvalue weighted by molar-refractivity contribution is 7.92. The fourth-order valence-corrected chi connectivity index (χ4v) is 6.54. The molecule has 2 N–H and O–H groups in total. The number of sulfonamides is 1. The summed E-state index contributed by atoms with van der Waals surface area (Å²) in [6.07, 6.45) is 3.72. The lowest BCUT2D eigenvalue weighted by Crippen LogP contribution is -2.12. The quantitative estimate of drug-likeness (QED) is 0.205. The summed E-state index contributed by atoms with van der Waals surface area (Å²) >= 11 is 1.47. The van der Waals surface area contributed by atoms with Crippen LogP contribution in [0, 0.1) is 24.6 Å². The fourth-order valence-electron chi connectivity index (χ4n) is 4.26. The zero-order valence-electron chi connectivity index (χ0n) is 21.6. The molecule has 0 saturated heterocycles. The molecule has 0 saturated carbocycles. The van der Waals surface area contributed by atoms with Crippen molar-refractivity contribution in [2.24, 2.45) is 0 Å². The van der Waals surface area contributed by atoms with Gasteiger partial charge in [0.1, 0.15) is 5.82 Å². The molecule has 2 heterocycles. The number of aliphatic hydroxyl groups excluding tert-OH is 1. The van der Waals surface area contributed by atoms with Gasteiger partial charge in [-0.15, -0.1) is 11.3 Å². The van der Waals surface area contributed by atoms with Crippen LogP contribution in [0.15, 0.2) is 102 Å². The molecule has 0 unspecified atom stereocenters. The van der Waals surface area contributed by atoms with Crippen molar-refractivity contribution in [1.82, 2.24) is 4.98 Å². The van der Waals surface area contributed by atoms with Crippen LogP contribution in [0.1, 0.15) is 16.9 Å². The highest BCUT2D eigenvalue weighted by Gasteiger charge is 2.22. The smallest absolute Gasteiger partial charge is 0.261 e. The van der Waals surface area contributed by atoms with Crippen LogP contribution in [0.2, 0.25) is 0 Å². The SMILES string of the molecule is Cc1ccc(S(=O)(=O)Nc2cccc(-c3c(C#CCCO)sc(-c4ccc(F)cc4)c3-c3ccncc3)c2)cc1. The Kier molecular flexibility index (Phi) is 8.08. The highest BCUT2D eigenvalue weighted by atomic mass is 32.2. The lowest BCUT2D eigenvalue weighted by Gasteiger charge is -2.12. The minimum absolute atomic E-state index is 0.0635. The molecule has 5 rings (SSSR count). The monoisotopic (exact) mass is 568 g/mol. The van der Waals surface area contributed by atoms with Gasteiger partial charge < -0.3 is 5.11 Å². The van der Waals surface area contributed by atoms with Crippen molar-refractivity contribution in [2.45, 2.75) is 18.2 Å². The average Bonchev–Trinajstić information content (AvgIpc) is 3.33. The van der Waals surface area contributed by atoms with Gasteiger partial charge in [-0.05, 0) is 72.1 Å². The number of aromatic nitrogens is 1. The molecule has 0 atom stereocenters. The minimum Gasteiger partial charge on any atom is -0.395 e. The number of rotatable bonds is 7. The van der Waals surface area contributed by atoms with Crippen LogP contribution in [-0.2, 0) is 10.0 Å². The predicted octanol–water partition coefficient (Wildman–Crippen LogP) is 7.13. The first-order chi connectivity index (χ1) is 19.4. The van der Waals surface area contributed by atoms with Gasteiger partial charge in [-0.1, -0.05) is 53.8 Å². The molecule has 0 spiro atoms.